The maximum absolute atomic E-state index is 13.1. The van der Waals surface area contributed by atoms with E-state index in [9.17, 15) is 14.7 Å². The Hall–Kier alpha value is -5.35. The summed E-state index contributed by atoms with van der Waals surface area (Å²) in [5.41, 5.74) is 8.50. The second-order valence-corrected chi connectivity index (χ2v) is 19.1. The third kappa shape index (κ3) is 9.62. The van der Waals surface area contributed by atoms with Crippen molar-refractivity contribution in [1.82, 2.24) is 20.1 Å². The lowest BCUT2D eigenvalue weighted by molar-refractivity contribution is -0.144. The topological polar surface area (TPSA) is 128 Å². The van der Waals surface area contributed by atoms with Crippen LogP contribution in [0.25, 0.3) is 11.3 Å². The largest absolute Gasteiger partial charge is 0.494 e. The summed E-state index contributed by atoms with van der Waals surface area (Å²) in [7, 11) is 1.94. The van der Waals surface area contributed by atoms with Crippen LogP contribution in [-0.2, 0) is 34.9 Å². The smallest absolute Gasteiger partial charge is 0.329 e. The Morgan fingerprint density at radius 1 is 1.00 bits per heavy atom. The first-order valence-electron chi connectivity index (χ1n) is 22.9. The van der Waals surface area contributed by atoms with Crippen LogP contribution in [-0.4, -0.2) is 50.5 Å². The number of pyridine rings is 1. The lowest BCUT2D eigenvalue weighted by Crippen LogP contribution is -2.53. The van der Waals surface area contributed by atoms with Crippen molar-refractivity contribution in [2.75, 3.05) is 18.5 Å². The van der Waals surface area contributed by atoms with Crippen LogP contribution >= 0.6 is 11.6 Å². The predicted octanol–water partition coefficient (Wildman–Crippen LogP) is 10.9. The van der Waals surface area contributed by atoms with Gasteiger partial charge in [0.05, 0.1) is 30.6 Å². The van der Waals surface area contributed by atoms with Crippen LogP contribution in [0.5, 0.6) is 11.5 Å². The molecule has 3 aliphatic carbocycles. The quantitative estimate of drug-likeness (QED) is 0.0837. The van der Waals surface area contributed by atoms with E-state index in [1.807, 2.05) is 62.1 Å². The van der Waals surface area contributed by atoms with Crippen LogP contribution in [0.2, 0.25) is 5.02 Å². The summed E-state index contributed by atoms with van der Waals surface area (Å²) in [5.74, 6) is 1.91. The Morgan fingerprint density at radius 3 is 2.57 bits per heavy atom. The minimum atomic E-state index is -1.11. The Bertz CT molecular complexity index is 2440. The van der Waals surface area contributed by atoms with Crippen LogP contribution in [0.3, 0.4) is 0 Å². The van der Waals surface area contributed by atoms with Gasteiger partial charge in [-0.2, -0.15) is 5.10 Å². The van der Waals surface area contributed by atoms with Gasteiger partial charge in [0.1, 0.15) is 17.0 Å². The fraction of sp³-hybridized carbons (Fsp3) is 0.462. The van der Waals surface area contributed by atoms with E-state index in [1.54, 1.807) is 12.1 Å². The molecule has 0 bridgehead atoms. The molecule has 0 saturated heterocycles. The van der Waals surface area contributed by atoms with Crippen LogP contribution in [0.4, 0.5) is 5.69 Å². The van der Waals surface area contributed by atoms with E-state index < -0.39 is 11.5 Å². The molecular weight excluding hydrogens is 810 g/mol. The van der Waals surface area contributed by atoms with Gasteiger partial charge in [0, 0.05) is 47.2 Å². The molecule has 3 aromatic carbocycles. The molecule has 1 spiro atoms. The Kier molecular flexibility index (Phi) is 13.2. The van der Waals surface area contributed by atoms with Gasteiger partial charge in [0.25, 0.3) is 0 Å². The molecule has 0 radical (unpaired) electrons. The molecule has 0 aliphatic heterocycles. The molecule has 332 valence electrons. The van der Waals surface area contributed by atoms with Gasteiger partial charge in [-0.3, -0.25) is 14.5 Å². The average molecular weight is 873 g/mol. The van der Waals surface area contributed by atoms with E-state index in [-0.39, 0.29) is 23.3 Å². The maximum atomic E-state index is 13.1. The van der Waals surface area contributed by atoms with Gasteiger partial charge in [0.15, 0.2) is 0 Å². The summed E-state index contributed by atoms with van der Waals surface area (Å²) in [6.07, 6.45) is 10.4. The Labute approximate surface area is 377 Å². The van der Waals surface area contributed by atoms with Crippen molar-refractivity contribution in [3.8, 4) is 22.8 Å². The fourth-order valence-electron chi connectivity index (χ4n) is 10.8. The molecule has 1 unspecified atom stereocenters. The van der Waals surface area contributed by atoms with Gasteiger partial charge in [-0.15, -0.1) is 0 Å². The molecular formula is C52H62ClN5O5. The van der Waals surface area contributed by atoms with Crippen LogP contribution in [0.15, 0.2) is 85.1 Å². The molecule has 2 heterocycles. The second kappa shape index (κ2) is 18.8. The summed E-state index contributed by atoms with van der Waals surface area (Å²) >= 11 is 6.33. The third-order valence-electron chi connectivity index (χ3n) is 14.1. The molecule has 4 atom stereocenters. The van der Waals surface area contributed by atoms with Crippen molar-refractivity contribution >= 4 is 29.2 Å². The maximum Gasteiger partial charge on any atom is 0.329 e. The minimum absolute atomic E-state index is 0.0180. The number of nitrogens with zero attached hydrogens (tertiary/aromatic N) is 3. The van der Waals surface area contributed by atoms with Gasteiger partial charge < -0.3 is 25.2 Å². The Balaban J connectivity index is 0.936. The number of aromatic nitrogens is 3. The number of ether oxygens (including phenoxy) is 2. The molecule has 3 aliphatic rings. The number of hydrogen-bond donors (Lipinski definition) is 3. The zero-order chi connectivity index (χ0) is 44.3. The van der Waals surface area contributed by atoms with Crippen LogP contribution in [0, 0.1) is 18.8 Å². The van der Waals surface area contributed by atoms with Crippen LogP contribution < -0.4 is 20.1 Å². The number of carboxylic acids is 1. The number of aliphatic carboxylic acids is 1. The highest BCUT2D eigenvalue weighted by molar-refractivity contribution is 6.30. The standard InChI is InChI=1S/C52H62ClN5O5/c1-33(32-63-47-19-24-54-45-15-6-10-34(2)49(45)47)26-40-29-38-17-18-43(31-44(38)51(40)20-22-52(23-21-51,50(60)61)56-42-14-8-13-41(53)30-42)62-25-9-16-48(59)55-36(4)37-11-7-12-39(28-37)46-27-35(3)57-58(46)5/h7-8,11-14,17-19,24,27-28,30-31,33-34,36,40,56H,6,9-10,15-16,20-23,25-26,29,32H2,1-5H3,(H,55,59)(H,60,61)/t33-,34-,36+,40?,51?,52?/m1/s1. The number of carboxylic acid groups (broad SMARTS) is 1. The molecule has 1 fully saturated rings. The lowest BCUT2D eigenvalue weighted by Gasteiger charge is -2.47. The first-order chi connectivity index (χ1) is 30.3. The SMILES string of the molecule is Cc1cc(-c2cccc([C@H](C)NC(=O)CCCOc3ccc4c(c3)C3(CCC(Nc5cccc(Cl)c5)(C(=O)O)CC3)C(C[C@@H](C)COc3ccnc5c3[C@H](C)CCC5)C4)c2)n(C)n1. The van der Waals surface area contributed by atoms with E-state index in [2.05, 4.69) is 71.0 Å². The van der Waals surface area contributed by atoms with Crippen molar-refractivity contribution in [2.45, 2.75) is 121 Å². The number of halogens is 1. The normalized spacial score (nSPS) is 22.4. The highest BCUT2D eigenvalue weighted by atomic mass is 35.5. The van der Waals surface area contributed by atoms with Crippen molar-refractivity contribution in [3.05, 3.63) is 124 Å². The number of anilines is 1. The van der Waals surface area contributed by atoms with Gasteiger partial charge in [-0.1, -0.05) is 55.8 Å². The highest BCUT2D eigenvalue weighted by Gasteiger charge is 2.54. The van der Waals surface area contributed by atoms with E-state index in [0.717, 1.165) is 79.0 Å². The molecule has 2 aromatic heterocycles. The van der Waals surface area contributed by atoms with E-state index >= 15 is 0 Å². The molecule has 8 rings (SSSR count). The first kappa shape index (κ1) is 44.3. The molecule has 11 heteroatoms. The van der Waals surface area contributed by atoms with Crippen molar-refractivity contribution in [1.29, 1.82) is 0 Å². The average Bonchev–Trinajstić information content (AvgIpc) is 3.76. The lowest BCUT2D eigenvalue weighted by atomic mass is 9.59. The molecule has 10 nitrogen and oxygen atoms in total. The van der Waals surface area contributed by atoms with Gasteiger partial charge >= 0.3 is 5.97 Å². The van der Waals surface area contributed by atoms with Crippen molar-refractivity contribution < 1.29 is 24.2 Å². The molecule has 63 heavy (non-hydrogen) atoms. The zero-order valence-electron chi connectivity index (χ0n) is 37.4. The van der Waals surface area contributed by atoms with Gasteiger partial charge in [-0.25, -0.2) is 4.79 Å². The zero-order valence-corrected chi connectivity index (χ0v) is 38.1. The summed E-state index contributed by atoms with van der Waals surface area (Å²) in [6.45, 7) is 9.57. The number of rotatable bonds is 16. The predicted molar refractivity (Wildman–Crippen MR) is 249 cm³/mol. The Morgan fingerprint density at radius 2 is 1.81 bits per heavy atom. The number of fused-ring (bicyclic) bond motifs is 3. The monoisotopic (exact) mass is 871 g/mol. The number of carbonyl (C=O) groups is 2. The molecule has 3 N–H and O–H groups in total. The van der Waals surface area contributed by atoms with Crippen molar-refractivity contribution in [2.24, 2.45) is 18.9 Å². The summed E-state index contributed by atoms with van der Waals surface area (Å²) < 4.78 is 14.9. The number of aryl methyl sites for hydroxylation is 3. The molecule has 5 aromatic rings. The summed E-state index contributed by atoms with van der Waals surface area (Å²) in [5, 5.41) is 22.4. The van der Waals surface area contributed by atoms with E-state index in [1.165, 1.54) is 22.4 Å². The number of benzene rings is 3. The second-order valence-electron chi connectivity index (χ2n) is 18.7. The summed E-state index contributed by atoms with van der Waals surface area (Å²) in [6, 6.07) is 26.0. The number of carbonyl (C=O) groups excluding carboxylic acids is 1. The third-order valence-corrected chi connectivity index (χ3v) is 14.4. The number of nitrogens with one attached hydrogen (secondary N) is 2. The summed E-state index contributed by atoms with van der Waals surface area (Å²) in [4.78, 5) is 30.9. The van der Waals surface area contributed by atoms with E-state index in [0.29, 0.717) is 61.4 Å². The van der Waals surface area contributed by atoms with Crippen molar-refractivity contribution in [3.63, 3.8) is 0 Å². The molecule has 1 saturated carbocycles. The first-order valence-corrected chi connectivity index (χ1v) is 23.2. The van der Waals surface area contributed by atoms with Crippen LogP contribution in [0.1, 0.15) is 124 Å². The van der Waals surface area contributed by atoms with Gasteiger partial charge in [-0.05, 0) is 166 Å². The molecule has 1 amide bonds. The van der Waals surface area contributed by atoms with Gasteiger partial charge in [0.2, 0.25) is 5.91 Å². The minimum Gasteiger partial charge on any atom is -0.494 e. The highest BCUT2D eigenvalue weighted by Crippen LogP contribution is 2.57. The van der Waals surface area contributed by atoms with E-state index in [4.69, 9.17) is 21.1 Å². The number of hydrogen-bond acceptors (Lipinski definition) is 7. The number of amides is 1. The fourth-order valence-corrected chi connectivity index (χ4v) is 11.0.